The summed E-state index contributed by atoms with van der Waals surface area (Å²) in [7, 11) is 1.65. The number of carbonyl (C=O) groups is 1. The van der Waals surface area contributed by atoms with Crippen molar-refractivity contribution >= 4 is 17.7 Å². The van der Waals surface area contributed by atoms with Crippen molar-refractivity contribution in [2.24, 2.45) is 0 Å². The molecule has 0 aliphatic rings. The number of allylic oxidation sites excluding steroid dienone is 1. The number of hydrogen-bond donors (Lipinski definition) is 1. The van der Waals surface area contributed by atoms with E-state index in [9.17, 15) is 4.79 Å². The highest BCUT2D eigenvalue weighted by molar-refractivity contribution is 7.99. The standard InChI is InChI=1S/C26H32N4O2S/c1-6-17-30-24(20-9-11-21(12-10-20)26(2,3)4)28-29-25(30)33-18-23(31)27-16-15-19-7-13-22(32-5)14-8-19/h6-14H,1,15-18H2,2-5H3,(H,27,31). The van der Waals surface area contributed by atoms with E-state index in [0.717, 1.165) is 29.1 Å². The van der Waals surface area contributed by atoms with Crippen molar-refractivity contribution in [2.75, 3.05) is 19.4 Å². The number of aromatic nitrogens is 3. The van der Waals surface area contributed by atoms with Crippen molar-refractivity contribution in [2.45, 2.75) is 44.3 Å². The van der Waals surface area contributed by atoms with E-state index in [1.54, 1.807) is 7.11 Å². The normalized spacial score (nSPS) is 11.3. The quantitative estimate of drug-likeness (QED) is 0.342. The predicted octanol–water partition coefficient (Wildman–Crippen LogP) is 4.89. The molecule has 0 atom stereocenters. The van der Waals surface area contributed by atoms with Crippen LogP contribution in [0.25, 0.3) is 11.4 Å². The van der Waals surface area contributed by atoms with Crippen LogP contribution in [0.2, 0.25) is 0 Å². The van der Waals surface area contributed by atoms with Gasteiger partial charge in [-0.25, -0.2) is 0 Å². The summed E-state index contributed by atoms with van der Waals surface area (Å²) in [6.45, 7) is 11.6. The summed E-state index contributed by atoms with van der Waals surface area (Å²) in [6.07, 6.45) is 2.58. The number of ether oxygens (including phenoxy) is 1. The Morgan fingerprint density at radius 1 is 1.12 bits per heavy atom. The fourth-order valence-electron chi connectivity index (χ4n) is 3.34. The number of nitrogens with zero attached hydrogens (tertiary/aromatic N) is 3. The molecule has 0 saturated heterocycles. The molecule has 6 nitrogen and oxygen atoms in total. The summed E-state index contributed by atoms with van der Waals surface area (Å²) in [4.78, 5) is 12.4. The minimum atomic E-state index is -0.0299. The van der Waals surface area contributed by atoms with Gasteiger partial charge in [0.15, 0.2) is 11.0 Å². The van der Waals surface area contributed by atoms with Crippen molar-refractivity contribution in [1.82, 2.24) is 20.1 Å². The van der Waals surface area contributed by atoms with Crippen LogP contribution in [-0.2, 0) is 23.2 Å². The van der Waals surface area contributed by atoms with Gasteiger partial charge in [-0.3, -0.25) is 9.36 Å². The predicted molar refractivity (Wildman–Crippen MR) is 135 cm³/mol. The molecule has 1 aromatic heterocycles. The molecule has 7 heteroatoms. The molecule has 1 N–H and O–H groups in total. The van der Waals surface area contributed by atoms with Crippen LogP contribution < -0.4 is 10.1 Å². The molecule has 1 heterocycles. The lowest BCUT2D eigenvalue weighted by Gasteiger charge is -2.19. The Hall–Kier alpha value is -3.06. The molecule has 3 rings (SSSR count). The fourth-order valence-corrected chi connectivity index (χ4v) is 4.12. The molecule has 174 valence electrons. The molecular formula is C26H32N4O2S. The van der Waals surface area contributed by atoms with Crippen LogP contribution in [-0.4, -0.2) is 40.1 Å². The highest BCUT2D eigenvalue weighted by Crippen LogP contribution is 2.27. The van der Waals surface area contributed by atoms with Crippen molar-refractivity contribution < 1.29 is 9.53 Å². The summed E-state index contributed by atoms with van der Waals surface area (Å²) in [5.41, 5.74) is 3.50. The number of amides is 1. The number of carbonyl (C=O) groups excluding carboxylic acids is 1. The second kappa shape index (κ2) is 11.2. The maximum atomic E-state index is 12.4. The van der Waals surface area contributed by atoms with Gasteiger partial charge in [-0.2, -0.15) is 0 Å². The molecule has 3 aromatic rings. The molecule has 1 amide bonds. The van der Waals surface area contributed by atoms with Gasteiger partial charge in [-0.05, 0) is 35.1 Å². The lowest BCUT2D eigenvalue weighted by molar-refractivity contribution is -0.118. The summed E-state index contributed by atoms with van der Waals surface area (Å²) in [5, 5.41) is 12.4. The Kier molecular flexibility index (Phi) is 8.33. The van der Waals surface area contributed by atoms with Crippen LogP contribution >= 0.6 is 11.8 Å². The van der Waals surface area contributed by atoms with E-state index in [-0.39, 0.29) is 17.1 Å². The average Bonchev–Trinajstić information content (AvgIpc) is 3.20. The molecule has 0 saturated carbocycles. The zero-order valence-corrected chi connectivity index (χ0v) is 20.6. The molecule has 0 aliphatic heterocycles. The summed E-state index contributed by atoms with van der Waals surface area (Å²) in [6, 6.07) is 16.3. The van der Waals surface area contributed by atoms with Crippen LogP contribution in [0, 0.1) is 0 Å². The first-order valence-electron chi connectivity index (χ1n) is 11.0. The van der Waals surface area contributed by atoms with E-state index in [0.29, 0.717) is 18.2 Å². The zero-order valence-electron chi connectivity index (χ0n) is 19.8. The minimum absolute atomic E-state index is 0.0299. The second-order valence-corrected chi connectivity index (χ2v) is 9.71. The molecule has 0 fully saturated rings. The van der Waals surface area contributed by atoms with E-state index in [2.05, 4.69) is 67.1 Å². The first-order valence-corrected chi connectivity index (χ1v) is 12.0. The largest absolute Gasteiger partial charge is 0.497 e. The van der Waals surface area contributed by atoms with Crippen LogP contribution in [0.1, 0.15) is 31.9 Å². The van der Waals surface area contributed by atoms with Crippen molar-refractivity contribution in [3.63, 3.8) is 0 Å². The summed E-state index contributed by atoms with van der Waals surface area (Å²) in [5.74, 6) is 1.85. The third kappa shape index (κ3) is 6.71. The number of nitrogens with one attached hydrogen (secondary N) is 1. The van der Waals surface area contributed by atoms with Crippen LogP contribution in [0.15, 0.2) is 66.3 Å². The van der Waals surface area contributed by atoms with Gasteiger partial charge in [0.2, 0.25) is 5.91 Å². The Bertz CT molecular complexity index is 1070. The van der Waals surface area contributed by atoms with Crippen LogP contribution in [0.5, 0.6) is 5.75 Å². The summed E-state index contributed by atoms with van der Waals surface area (Å²) >= 11 is 1.38. The van der Waals surface area contributed by atoms with E-state index in [1.807, 2.05) is 34.9 Å². The molecule has 2 aromatic carbocycles. The third-order valence-electron chi connectivity index (χ3n) is 5.26. The van der Waals surface area contributed by atoms with Crippen molar-refractivity contribution in [1.29, 1.82) is 0 Å². The van der Waals surface area contributed by atoms with Gasteiger partial charge in [-0.1, -0.05) is 75.0 Å². The van der Waals surface area contributed by atoms with Gasteiger partial charge in [0.05, 0.1) is 12.9 Å². The molecule has 33 heavy (non-hydrogen) atoms. The highest BCUT2D eigenvalue weighted by Gasteiger charge is 2.17. The second-order valence-electron chi connectivity index (χ2n) is 8.77. The number of benzene rings is 2. The molecular weight excluding hydrogens is 432 g/mol. The smallest absolute Gasteiger partial charge is 0.230 e. The van der Waals surface area contributed by atoms with E-state index in [1.165, 1.54) is 17.3 Å². The van der Waals surface area contributed by atoms with Crippen LogP contribution in [0.3, 0.4) is 0 Å². The van der Waals surface area contributed by atoms with E-state index in [4.69, 9.17) is 4.74 Å². The number of hydrogen-bond acceptors (Lipinski definition) is 5. The Balaban J connectivity index is 1.58. The molecule has 0 radical (unpaired) electrons. The Morgan fingerprint density at radius 3 is 2.42 bits per heavy atom. The molecule has 0 unspecified atom stereocenters. The highest BCUT2D eigenvalue weighted by atomic mass is 32.2. The van der Waals surface area contributed by atoms with Gasteiger partial charge in [0.25, 0.3) is 0 Å². The maximum Gasteiger partial charge on any atom is 0.230 e. The Morgan fingerprint density at radius 2 is 1.82 bits per heavy atom. The van der Waals surface area contributed by atoms with Gasteiger partial charge in [0, 0.05) is 18.7 Å². The van der Waals surface area contributed by atoms with Gasteiger partial charge in [-0.15, -0.1) is 16.8 Å². The zero-order chi connectivity index (χ0) is 23.8. The molecule has 0 aliphatic carbocycles. The molecule has 0 bridgehead atoms. The molecule has 0 spiro atoms. The first kappa shape index (κ1) is 24.6. The Labute approximate surface area is 200 Å². The van der Waals surface area contributed by atoms with Gasteiger partial charge in [0.1, 0.15) is 5.75 Å². The average molecular weight is 465 g/mol. The summed E-state index contributed by atoms with van der Waals surface area (Å²) < 4.78 is 7.16. The van der Waals surface area contributed by atoms with Gasteiger partial charge < -0.3 is 10.1 Å². The van der Waals surface area contributed by atoms with E-state index >= 15 is 0 Å². The van der Waals surface area contributed by atoms with Crippen molar-refractivity contribution in [3.8, 4) is 17.1 Å². The minimum Gasteiger partial charge on any atom is -0.497 e. The fraction of sp³-hybridized carbons (Fsp3) is 0.346. The first-order chi connectivity index (χ1) is 15.8. The number of methoxy groups -OCH3 is 1. The lowest BCUT2D eigenvalue weighted by Crippen LogP contribution is -2.27. The third-order valence-corrected chi connectivity index (χ3v) is 6.23. The maximum absolute atomic E-state index is 12.4. The monoisotopic (exact) mass is 464 g/mol. The van der Waals surface area contributed by atoms with Crippen molar-refractivity contribution in [3.05, 3.63) is 72.3 Å². The van der Waals surface area contributed by atoms with E-state index < -0.39 is 0 Å². The van der Waals surface area contributed by atoms with Gasteiger partial charge >= 0.3 is 0 Å². The SMILES string of the molecule is C=CCn1c(SCC(=O)NCCc2ccc(OC)cc2)nnc1-c1ccc(C(C)(C)C)cc1. The number of thioether (sulfide) groups is 1. The van der Waals surface area contributed by atoms with Crippen LogP contribution in [0.4, 0.5) is 0 Å². The topological polar surface area (TPSA) is 69.0 Å². The number of rotatable bonds is 10. The lowest BCUT2D eigenvalue weighted by atomic mass is 9.87.